The average molecular weight is 248 g/mol. The van der Waals surface area contributed by atoms with Gasteiger partial charge < -0.3 is 15.3 Å². The van der Waals surface area contributed by atoms with E-state index >= 15 is 0 Å². The zero-order valence-electron chi connectivity index (χ0n) is 10.2. The first kappa shape index (κ1) is 12.4. The fraction of sp³-hybridized carbons (Fsp3) is 0.385. The molecular formula is C13H16N2O3. The Morgan fingerprint density at radius 1 is 1.44 bits per heavy atom. The maximum atomic E-state index is 11.2. The first-order chi connectivity index (χ1) is 8.59. The number of hydrogen-bond donors (Lipinski definition) is 2. The molecule has 5 heteroatoms. The van der Waals surface area contributed by atoms with E-state index in [0.717, 1.165) is 11.3 Å². The maximum Gasteiger partial charge on any atom is 0.326 e. The van der Waals surface area contributed by atoms with Crippen molar-refractivity contribution in [2.45, 2.75) is 19.4 Å². The van der Waals surface area contributed by atoms with Gasteiger partial charge in [-0.1, -0.05) is 18.2 Å². The summed E-state index contributed by atoms with van der Waals surface area (Å²) in [6, 6.07) is 7.15. The number of carbonyl (C=O) groups excluding carboxylic acids is 1. The number of hydrogen-bond acceptors (Lipinski definition) is 3. The van der Waals surface area contributed by atoms with Crippen LogP contribution in [-0.4, -0.2) is 36.1 Å². The number of nitrogens with zero attached hydrogens (tertiary/aromatic N) is 1. The molecule has 1 aliphatic rings. The molecule has 1 heterocycles. The van der Waals surface area contributed by atoms with Crippen molar-refractivity contribution in [3.05, 3.63) is 29.8 Å². The van der Waals surface area contributed by atoms with E-state index in [1.807, 2.05) is 29.2 Å². The topological polar surface area (TPSA) is 69.6 Å². The summed E-state index contributed by atoms with van der Waals surface area (Å²) < 4.78 is 0. The third kappa shape index (κ3) is 2.45. The summed E-state index contributed by atoms with van der Waals surface area (Å²) in [4.78, 5) is 23.9. The van der Waals surface area contributed by atoms with Gasteiger partial charge in [0.2, 0.25) is 5.91 Å². The maximum absolute atomic E-state index is 11.2. The van der Waals surface area contributed by atoms with Gasteiger partial charge in [-0.15, -0.1) is 0 Å². The van der Waals surface area contributed by atoms with E-state index in [4.69, 9.17) is 0 Å². The third-order valence-corrected chi connectivity index (χ3v) is 3.10. The normalized spacial score (nSPS) is 17.4. The lowest BCUT2D eigenvalue weighted by Gasteiger charge is -2.24. The van der Waals surface area contributed by atoms with E-state index in [-0.39, 0.29) is 5.91 Å². The predicted molar refractivity (Wildman–Crippen MR) is 67.6 cm³/mol. The van der Waals surface area contributed by atoms with Gasteiger partial charge in [-0.3, -0.25) is 4.79 Å². The van der Waals surface area contributed by atoms with Gasteiger partial charge in [0.15, 0.2) is 0 Å². The van der Waals surface area contributed by atoms with Gasteiger partial charge in [-0.25, -0.2) is 4.79 Å². The van der Waals surface area contributed by atoms with Crippen LogP contribution in [0.5, 0.6) is 0 Å². The monoisotopic (exact) mass is 248 g/mol. The second-order valence-corrected chi connectivity index (χ2v) is 4.36. The zero-order valence-corrected chi connectivity index (χ0v) is 10.2. The van der Waals surface area contributed by atoms with Crippen LogP contribution in [0.1, 0.15) is 12.5 Å². The molecular weight excluding hydrogens is 232 g/mol. The Bertz CT molecular complexity index is 473. The van der Waals surface area contributed by atoms with Crippen molar-refractivity contribution in [2.75, 3.05) is 18.0 Å². The molecule has 0 fully saturated rings. The van der Waals surface area contributed by atoms with Crippen molar-refractivity contribution in [2.24, 2.45) is 0 Å². The minimum Gasteiger partial charge on any atom is -0.480 e. The molecule has 0 saturated carbocycles. The number of nitrogens with one attached hydrogen (secondary N) is 1. The van der Waals surface area contributed by atoms with E-state index in [2.05, 4.69) is 5.32 Å². The Morgan fingerprint density at radius 3 is 2.83 bits per heavy atom. The number of carboxylic acids is 1. The van der Waals surface area contributed by atoms with Gasteiger partial charge in [0.05, 0.1) is 0 Å². The number of fused-ring (bicyclic) bond motifs is 1. The minimum atomic E-state index is -0.825. The summed E-state index contributed by atoms with van der Waals surface area (Å²) in [6.07, 6.45) is 0.519. The van der Waals surface area contributed by atoms with Gasteiger partial charge in [-0.05, 0) is 11.6 Å². The first-order valence-corrected chi connectivity index (χ1v) is 5.91. The number of amides is 1. The summed E-state index contributed by atoms with van der Waals surface area (Å²) in [5.41, 5.74) is 2.00. The fourth-order valence-electron chi connectivity index (χ4n) is 2.30. The molecule has 0 spiro atoms. The van der Waals surface area contributed by atoms with Gasteiger partial charge in [0.1, 0.15) is 6.04 Å². The first-order valence-electron chi connectivity index (χ1n) is 5.91. The Kier molecular flexibility index (Phi) is 3.50. The van der Waals surface area contributed by atoms with E-state index in [1.54, 1.807) is 0 Å². The van der Waals surface area contributed by atoms with Crippen LogP contribution in [0.2, 0.25) is 0 Å². The standard InChI is InChI=1S/C13H16N2O3/c1-9(16)14-6-7-15-11-5-3-2-4-10(11)8-12(15)13(17)18/h2-5,12H,6-8H2,1H3,(H,14,16)(H,17,18). The molecule has 96 valence electrons. The van der Waals surface area contributed by atoms with Gasteiger partial charge in [0.25, 0.3) is 0 Å². The Morgan fingerprint density at radius 2 is 2.17 bits per heavy atom. The molecule has 1 unspecified atom stereocenters. The van der Waals surface area contributed by atoms with Gasteiger partial charge in [0, 0.05) is 32.1 Å². The molecule has 18 heavy (non-hydrogen) atoms. The summed E-state index contributed by atoms with van der Waals surface area (Å²) in [5, 5.41) is 11.9. The van der Waals surface area contributed by atoms with E-state index in [1.165, 1.54) is 6.92 Å². The van der Waals surface area contributed by atoms with Crippen molar-refractivity contribution in [3.63, 3.8) is 0 Å². The van der Waals surface area contributed by atoms with Crippen LogP contribution < -0.4 is 10.2 Å². The van der Waals surface area contributed by atoms with Crippen LogP contribution in [0.4, 0.5) is 5.69 Å². The van der Waals surface area contributed by atoms with Crippen LogP contribution in [0.3, 0.4) is 0 Å². The molecule has 0 aromatic heterocycles. The summed E-state index contributed by atoms with van der Waals surface area (Å²) >= 11 is 0. The van der Waals surface area contributed by atoms with Crippen molar-refractivity contribution >= 4 is 17.6 Å². The lowest BCUT2D eigenvalue weighted by molar-refractivity contribution is -0.138. The van der Waals surface area contributed by atoms with Crippen LogP contribution >= 0.6 is 0 Å². The van der Waals surface area contributed by atoms with E-state index < -0.39 is 12.0 Å². The highest BCUT2D eigenvalue weighted by atomic mass is 16.4. The molecule has 0 radical (unpaired) electrons. The van der Waals surface area contributed by atoms with Crippen molar-refractivity contribution in [1.82, 2.24) is 5.32 Å². The molecule has 1 aromatic rings. The van der Waals surface area contributed by atoms with Crippen molar-refractivity contribution < 1.29 is 14.7 Å². The average Bonchev–Trinajstić information content (AvgIpc) is 2.68. The number of aliphatic carboxylic acids is 1. The minimum absolute atomic E-state index is 0.102. The second-order valence-electron chi connectivity index (χ2n) is 4.36. The van der Waals surface area contributed by atoms with Crippen molar-refractivity contribution in [3.8, 4) is 0 Å². The molecule has 5 nitrogen and oxygen atoms in total. The van der Waals surface area contributed by atoms with Gasteiger partial charge in [-0.2, -0.15) is 0 Å². The Hall–Kier alpha value is -2.04. The smallest absolute Gasteiger partial charge is 0.326 e. The van der Waals surface area contributed by atoms with Crippen LogP contribution in [-0.2, 0) is 16.0 Å². The molecule has 1 atom stereocenters. The van der Waals surface area contributed by atoms with Crippen LogP contribution in [0.25, 0.3) is 0 Å². The highest BCUT2D eigenvalue weighted by Gasteiger charge is 2.33. The lowest BCUT2D eigenvalue weighted by Crippen LogP contribution is -2.42. The predicted octanol–water partition coefficient (Wildman–Crippen LogP) is 0.638. The van der Waals surface area contributed by atoms with Crippen LogP contribution in [0.15, 0.2) is 24.3 Å². The Labute approximate surface area is 105 Å². The third-order valence-electron chi connectivity index (χ3n) is 3.10. The number of para-hydroxylation sites is 1. The van der Waals surface area contributed by atoms with E-state index in [0.29, 0.717) is 19.5 Å². The zero-order chi connectivity index (χ0) is 13.1. The summed E-state index contributed by atoms with van der Waals surface area (Å²) in [7, 11) is 0. The lowest BCUT2D eigenvalue weighted by atomic mass is 10.1. The van der Waals surface area contributed by atoms with Crippen LogP contribution in [0, 0.1) is 0 Å². The molecule has 1 amide bonds. The number of anilines is 1. The Balaban J connectivity index is 2.13. The quantitative estimate of drug-likeness (QED) is 0.820. The molecule has 2 rings (SSSR count). The molecule has 2 N–H and O–H groups in total. The number of benzene rings is 1. The summed E-state index contributed by atoms with van der Waals surface area (Å²) in [6.45, 7) is 2.41. The molecule has 1 aliphatic heterocycles. The second kappa shape index (κ2) is 5.08. The molecule has 0 bridgehead atoms. The number of rotatable bonds is 4. The largest absolute Gasteiger partial charge is 0.480 e. The molecule has 1 aromatic carbocycles. The highest BCUT2D eigenvalue weighted by molar-refractivity contribution is 5.82. The number of carboxylic acid groups (broad SMARTS) is 1. The highest BCUT2D eigenvalue weighted by Crippen LogP contribution is 2.31. The summed E-state index contributed by atoms with van der Waals surface area (Å²) in [5.74, 6) is -0.927. The fourth-order valence-corrected chi connectivity index (χ4v) is 2.30. The molecule has 0 saturated heterocycles. The van der Waals surface area contributed by atoms with Gasteiger partial charge >= 0.3 is 5.97 Å². The molecule has 0 aliphatic carbocycles. The van der Waals surface area contributed by atoms with Crippen molar-refractivity contribution in [1.29, 1.82) is 0 Å². The number of carbonyl (C=O) groups is 2. The van der Waals surface area contributed by atoms with E-state index in [9.17, 15) is 14.7 Å². The SMILES string of the molecule is CC(=O)NCCN1c2ccccc2CC1C(=O)O.